The zero-order valence-electron chi connectivity index (χ0n) is 34.8. The fraction of sp³-hybridized carbons (Fsp3) is 0.413. The van der Waals surface area contributed by atoms with Crippen LogP contribution in [0.2, 0.25) is 0 Å². The Morgan fingerprint density at radius 3 is 1.18 bits per heavy atom. The number of amides is 3. The Morgan fingerprint density at radius 1 is 0.545 bits per heavy atom. The van der Waals surface area contributed by atoms with Crippen molar-refractivity contribution in [3.8, 4) is 36.0 Å². The zero-order chi connectivity index (χ0) is 39.7. The number of hydrogen-bond acceptors (Lipinski definition) is 3. The van der Waals surface area contributed by atoms with Gasteiger partial charge in [-0.3, -0.25) is 14.4 Å². The summed E-state index contributed by atoms with van der Waals surface area (Å²) in [5, 5.41) is 2.79. The van der Waals surface area contributed by atoms with E-state index < -0.39 is 0 Å². The number of terminal acetylenes is 1. The van der Waals surface area contributed by atoms with E-state index in [1.165, 1.54) is 0 Å². The molecule has 6 nitrogen and oxygen atoms in total. The number of carbonyl (C=O) groups excluding carboxylic acids is 3. The van der Waals surface area contributed by atoms with Crippen molar-refractivity contribution in [1.82, 2.24) is 0 Å². The van der Waals surface area contributed by atoms with Crippen molar-refractivity contribution < 1.29 is 77.6 Å². The summed E-state index contributed by atoms with van der Waals surface area (Å²) in [4.78, 5) is 37.8. The van der Waals surface area contributed by atoms with E-state index in [9.17, 15) is 14.4 Å². The molecule has 0 spiro atoms. The van der Waals surface area contributed by atoms with Crippen LogP contribution in [0, 0.1) is 36.0 Å². The zero-order valence-corrected chi connectivity index (χ0v) is 43.6. The predicted molar refractivity (Wildman–Crippen MR) is 230 cm³/mol. The third-order valence-corrected chi connectivity index (χ3v) is 5.87. The second-order valence-electron chi connectivity index (χ2n) is 9.05. The van der Waals surface area contributed by atoms with Gasteiger partial charge in [0.25, 0.3) is 0 Å². The first-order valence-electron chi connectivity index (χ1n) is 18.0. The van der Waals surface area contributed by atoms with Gasteiger partial charge in [0.15, 0.2) is 0 Å². The van der Waals surface area contributed by atoms with Crippen molar-refractivity contribution in [3.05, 3.63) is 91.0 Å². The molecule has 0 heterocycles. The molecule has 1 N–H and O–H groups in total. The van der Waals surface area contributed by atoms with E-state index in [4.69, 9.17) is 6.42 Å². The van der Waals surface area contributed by atoms with Crippen LogP contribution in [-0.4, -0.2) is 31.8 Å². The van der Waals surface area contributed by atoms with Gasteiger partial charge in [-0.05, 0) is 50.2 Å². The molecule has 0 bridgehead atoms. The summed E-state index contributed by atoms with van der Waals surface area (Å²) >= 11 is 0. The first-order valence-corrected chi connectivity index (χ1v) is 18.0. The van der Waals surface area contributed by atoms with E-state index in [0.29, 0.717) is 38.5 Å². The molecular formula is C46H69N3O3W3. The molecule has 0 atom stereocenters. The van der Waals surface area contributed by atoms with Crippen LogP contribution >= 0.6 is 0 Å². The molecule has 304 valence electrons. The van der Waals surface area contributed by atoms with Crippen LogP contribution in [0.3, 0.4) is 0 Å². The molecule has 0 aliphatic carbocycles. The minimum atomic E-state index is 0. The molecule has 0 fully saturated rings. The van der Waals surface area contributed by atoms with Crippen molar-refractivity contribution in [2.75, 3.05) is 29.2 Å². The van der Waals surface area contributed by atoms with Gasteiger partial charge in [-0.25, -0.2) is 0 Å². The Balaban J connectivity index is -0.0000000888. The molecule has 3 amide bonds. The van der Waals surface area contributed by atoms with Gasteiger partial charge in [-0.15, -0.1) is 36.0 Å². The summed E-state index contributed by atoms with van der Waals surface area (Å²) in [7, 11) is 3.55. The molecule has 3 rings (SSSR count). The van der Waals surface area contributed by atoms with Gasteiger partial charge in [-0.2, -0.15) is 0 Å². The fourth-order valence-electron chi connectivity index (χ4n) is 3.45. The molecule has 3 aromatic carbocycles. The number of hydrogen-bond donors (Lipinski definition) is 1. The Labute approximate surface area is 381 Å². The molecule has 3 aromatic rings. The molecule has 0 aromatic heterocycles. The topological polar surface area (TPSA) is 69.7 Å². The van der Waals surface area contributed by atoms with Crippen molar-refractivity contribution in [2.45, 2.75) is 115 Å². The largest absolute Gasteiger partial charge is 0.326 e. The van der Waals surface area contributed by atoms with Crippen LogP contribution in [0.15, 0.2) is 91.0 Å². The molecule has 55 heavy (non-hydrogen) atoms. The number of carbonyl (C=O) groups is 3. The van der Waals surface area contributed by atoms with E-state index in [2.05, 4.69) is 34.9 Å². The molecule has 0 radical (unpaired) electrons. The van der Waals surface area contributed by atoms with Gasteiger partial charge in [0.05, 0.1) is 0 Å². The number of nitrogens with one attached hydrogen (secondary N) is 1. The maximum atomic E-state index is 11.7. The smallest absolute Gasteiger partial charge is 0.227 e. The van der Waals surface area contributed by atoms with Crippen molar-refractivity contribution >= 4 is 34.8 Å². The van der Waals surface area contributed by atoms with Crippen molar-refractivity contribution in [1.29, 1.82) is 0 Å². The van der Waals surface area contributed by atoms with Crippen LogP contribution in [0.1, 0.15) is 115 Å². The quantitative estimate of drug-likeness (QED) is 0.217. The van der Waals surface area contributed by atoms with Crippen LogP contribution in [-0.2, 0) is 77.6 Å². The summed E-state index contributed by atoms with van der Waals surface area (Å²) in [5.74, 6) is 13.9. The van der Waals surface area contributed by atoms with E-state index >= 15 is 0 Å². The third-order valence-electron chi connectivity index (χ3n) is 5.87. The standard InChI is InChI=1S/C13H15NO.2C12H13NO.4C2H6.CH4.3W/c1-3-4-6-11-13(15)14(2)12-9-7-5-8-10-12;1-3-4-10-12(14)13(2)11-8-6-5-7-9-11;1-2-3-5-10-12(14)13-11-8-6-4-7-9-11;4*1-2;;;;/h5,7-10H,6,11H2,1-2H3;1,5-9H,4,10H2,2H3;4,6-9H,5,10H2,1H3,(H,13,14);4*1-2H3;1H4;;;. The summed E-state index contributed by atoms with van der Waals surface area (Å²) in [6, 6.07) is 28.6. The molecular weight excluding hydrogens is 1190 g/mol. The van der Waals surface area contributed by atoms with Crippen LogP contribution in [0.4, 0.5) is 17.1 Å². The van der Waals surface area contributed by atoms with Gasteiger partial charge in [0.1, 0.15) is 0 Å². The number of anilines is 3. The van der Waals surface area contributed by atoms with Crippen LogP contribution in [0.5, 0.6) is 0 Å². The summed E-state index contributed by atoms with van der Waals surface area (Å²) in [5.41, 5.74) is 2.66. The normalized spacial score (nSPS) is 7.40. The minimum absolute atomic E-state index is 0. The molecule has 0 saturated carbocycles. The Hall–Kier alpha value is -3.19. The van der Waals surface area contributed by atoms with Gasteiger partial charge in [0, 0.05) is 133 Å². The summed E-state index contributed by atoms with van der Waals surface area (Å²) in [6.45, 7) is 19.6. The average Bonchev–Trinajstić information content (AvgIpc) is 3.21. The summed E-state index contributed by atoms with van der Waals surface area (Å²) in [6.07, 6.45) is 8.18. The number of rotatable bonds is 9. The molecule has 0 unspecified atom stereocenters. The van der Waals surface area contributed by atoms with Crippen LogP contribution < -0.4 is 15.1 Å². The Bertz CT molecular complexity index is 1430. The molecule has 0 aliphatic heterocycles. The van der Waals surface area contributed by atoms with Gasteiger partial charge < -0.3 is 15.1 Å². The Kier molecular flexibility index (Phi) is 69.9. The Morgan fingerprint density at radius 2 is 0.855 bits per heavy atom. The van der Waals surface area contributed by atoms with Crippen LogP contribution in [0.25, 0.3) is 0 Å². The molecule has 0 aliphatic rings. The van der Waals surface area contributed by atoms with Crippen molar-refractivity contribution in [2.24, 2.45) is 0 Å². The summed E-state index contributed by atoms with van der Waals surface area (Å²) < 4.78 is 0. The SMILES string of the molecule is C.C#CCCC(=O)N(C)c1ccccc1.CC.CC.CC.CC.CC#CCCC(=O)N(C)c1ccccc1.CC#CCCC(=O)Nc1ccccc1.[W].[W].[W]. The minimum Gasteiger partial charge on any atom is -0.326 e. The first-order chi connectivity index (χ1) is 24.8. The number of nitrogens with zero attached hydrogens (tertiary/aromatic N) is 2. The molecule has 9 heteroatoms. The average molecular weight is 1260 g/mol. The third kappa shape index (κ3) is 40.3. The monoisotopic (exact) mass is 1260 g/mol. The van der Waals surface area contributed by atoms with E-state index in [1.54, 1.807) is 37.7 Å². The maximum Gasteiger partial charge on any atom is 0.227 e. The van der Waals surface area contributed by atoms with Gasteiger partial charge in [-0.1, -0.05) is 117 Å². The second kappa shape index (κ2) is 55.2. The molecule has 0 saturated heterocycles. The van der Waals surface area contributed by atoms with Crippen molar-refractivity contribution in [3.63, 3.8) is 0 Å². The van der Waals surface area contributed by atoms with Gasteiger partial charge >= 0.3 is 0 Å². The fourth-order valence-corrected chi connectivity index (χ4v) is 3.45. The van der Waals surface area contributed by atoms with E-state index in [0.717, 1.165) is 17.1 Å². The van der Waals surface area contributed by atoms with E-state index in [1.807, 2.05) is 146 Å². The second-order valence-corrected chi connectivity index (χ2v) is 9.05. The number of para-hydroxylation sites is 3. The first kappa shape index (κ1) is 69.7. The van der Waals surface area contributed by atoms with E-state index in [-0.39, 0.29) is 88.3 Å². The van der Waals surface area contributed by atoms with Gasteiger partial charge in [0.2, 0.25) is 17.7 Å². The predicted octanol–water partition coefficient (Wildman–Crippen LogP) is 11.7. The maximum absolute atomic E-state index is 11.7. The number of benzene rings is 3.